The van der Waals surface area contributed by atoms with Gasteiger partial charge in [-0.2, -0.15) is 0 Å². The van der Waals surface area contributed by atoms with E-state index in [9.17, 15) is 14.0 Å². The molecule has 1 fully saturated rings. The van der Waals surface area contributed by atoms with E-state index < -0.39 is 17.8 Å². The van der Waals surface area contributed by atoms with Gasteiger partial charge in [0.1, 0.15) is 11.9 Å². The molecule has 24 heavy (non-hydrogen) atoms. The number of rotatable bonds is 3. The van der Waals surface area contributed by atoms with Crippen LogP contribution in [-0.2, 0) is 4.79 Å². The molecule has 0 unspecified atom stereocenters. The zero-order valence-corrected chi connectivity index (χ0v) is 13.7. The van der Waals surface area contributed by atoms with Crippen molar-refractivity contribution in [3.05, 3.63) is 65.0 Å². The molecule has 1 heterocycles. The van der Waals surface area contributed by atoms with Crippen molar-refractivity contribution in [1.82, 2.24) is 5.32 Å². The third-order valence-corrected chi connectivity index (χ3v) is 4.29. The number of hydrogen-bond donors (Lipinski definition) is 1. The second kappa shape index (κ2) is 6.43. The Kier molecular flexibility index (Phi) is 4.34. The summed E-state index contributed by atoms with van der Waals surface area (Å²) in [7, 11) is 0. The number of aryl methyl sites for hydroxylation is 2. The third kappa shape index (κ3) is 3.15. The van der Waals surface area contributed by atoms with Gasteiger partial charge in [-0.3, -0.25) is 9.59 Å². The lowest BCUT2D eigenvalue weighted by molar-refractivity contribution is -0.118. The van der Waals surface area contributed by atoms with Crippen LogP contribution in [0.4, 0.5) is 10.1 Å². The zero-order valence-electron chi connectivity index (χ0n) is 13.7. The van der Waals surface area contributed by atoms with Crippen LogP contribution in [0, 0.1) is 19.7 Å². The fourth-order valence-electron chi connectivity index (χ4n) is 2.77. The van der Waals surface area contributed by atoms with E-state index in [0.717, 1.165) is 11.3 Å². The highest BCUT2D eigenvalue weighted by atomic mass is 19.1. The van der Waals surface area contributed by atoms with E-state index in [-0.39, 0.29) is 11.5 Å². The molecule has 0 spiro atoms. The van der Waals surface area contributed by atoms with Crippen LogP contribution < -0.4 is 10.2 Å². The highest BCUT2D eigenvalue weighted by molar-refractivity contribution is 6.03. The Hall–Kier alpha value is -2.69. The molecule has 0 saturated carbocycles. The molecule has 1 saturated heterocycles. The van der Waals surface area contributed by atoms with E-state index in [2.05, 4.69) is 5.32 Å². The summed E-state index contributed by atoms with van der Waals surface area (Å²) in [4.78, 5) is 26.4. The summed E-state index contributed by atoms with van der Waals surface area (Å²) < 4.78 is 13.6. The number of hydrogen-bond acceptors (Lipinski definition) is 2. The molecule has 2 aromatic carbocycles. The van der Waals surface area contributed by atoms with Crippen LogP contribution >= 0.6 is 0 Å². The minimum absolute atomic E-state index is 0.139. The van der Waals surface area contributed by atoms with Gasteiger partial charge in [0, 0.05) is 17.8 Å². The molecule has 0 aromatic heterocycles. The van der Waals surface area contributed by atoms with Gasteiger partial charge < -0.3 is 10.2 Å². The molecule has 0 aliphatic carbocycles. The lowest BCUT2D eigenvalue weighted by Gasteiger charge is -2.17. The maximum absolute atomic E-state index is 13.6. The first-order valence-electron chi connectivity index (χ1n) is 7.91. The van der Waals surface area contributed by atoms with Crippen LogP contribution in [0.1, 0.15) is 27.9 Å². The summed E-state index contributed by atoms with van der Waals surface area (Å²) in [5.41, 5.74) is 2.65. The molecule has 1 atom stereocenters. The molecule has 1 N–H and O–H groups in total. The van der Waals surface area contributed by atoms with Gasteiger partial charge in [-0.15, -0.1) is 0 Å². The predicted molar refractivity (Wildman–Crippen MR) is 90.5 cm³/mol. The van der Waals surface area contributed by atoms with Gasteiger partial charge >= 0.3 is 0 Å². The lowest BCUT2D eigenvalue weighted by Crippen LogP contribution is -2.41. The first-order valence-corrected chi connectivity index (χ1v) is 7.91. The highest BCUT2D eigenvalue weighted by Gasteiger charge is 2.33. The van der Waals surface area contributed by atoms with Crippen molar-refractivity contribution in [3.63, 3.8) is 0 Å². The maximum Gasteiger partial charge on any atom is 0.252 e. The van der Waals surface area contributed by atoms with E-state index in [0.29, 0.717) is 18.5 Å². The van der Waals surface area contributed by atoms with Crippen molar-refractivity contribution in [3.8, 4) is 0 Å². The first kappa shape index (κ1) is 16.2. The van der Waals surface area contributed by atoms with Gasteiger partial charge in [0.15, 0.2) is 0 Å². The zero-order chi connectivity index (χ0) is 17.3. The molecular weight excluding hydrogens is 307 g/mol. The number of halogens is 1. The topological polar surface area (TPSA) is 49.4 Å². The number of nitrogens with zero attached hydrogens (tertiary/aromatic N) is 1. The molecule has 3 rings (SSSR count). The second-order valence-electron chi connectivity index (χ2n) is 6.10. The number of benzene rings is 2. The highest BCUT2D eigenvalue weighted by Crippen LogP contribution is 2.22. The molecule has 0 bridgehead atoms. The standard InChI is InChI=1S/C19H19FN2O2/c1-12-3-7-15(8-4-12)22-10-9-17(19(22)24)21-18(23)14-6-5-13(2)16(20)11-14/h3-8,11,17H,9-10H2,1-2H3,(H,21,23)/t17-/m0/s1. The normalized spacial score (nSPS) is 17.2. The first-order chi connectivity index (χ1) is 11.5. The summed E-state index contributed by atoms with van der Waals surface area (Å²) >= 11 is 0. The van der Waals surface area contributed by atoms with Gasteiger partial charge in [0.2, 0.25) is 5.91 Å². The molecule has 124 valence electrons. The molecule has 1 aliphatic heterocycles. The van der Waals surface area contributed by atoms with Crippen LogP contribution in [0.25, 0.3) is 0 Å². The Morgan fingerprint density at radius 1 is 1.17 bits per heavy atom. The maximum atomic E-state index is 13.6. The van der Waals surface area contributed by atoms with Crippen molar-refractivity contribution in [2.75, 3.05) is 11.4 Å². The second-order valence-corrected chi connectivity index (χ2v) is 6.10. The van der Waals surface area contributed by atoms with E-state index >= 15 is 0 Å². The summed E-state index contributed by atoms with van der Waals surface area (Å²) in [6, 6.07) is 11.4. The van der Waals surface area contributed by atoms with Gasteiger partial charge in [0.25, 0.3) is 5.91 Å². The fourth-order valence-corrected chi connectivity index (χ4v) is 2.77. The smallest absolute Gasteiger partial charge is 0.252 e. The molecule has 0 radical (unpaired) electrons. The third-order valence-electron chi connectivity index (χ3n) is 4.29. The predicted octanol–water partition coefficient (Wildman–Crippen LogP) is 2.98. The van der Waals surface area contributed by atoms with E-state index in [1.165, 1.54) is 6.07 Å². The van der Waals surface area contributed by atoms with Crippen LogP contribution in [0.2, 0.25) is 0 Å². The van der Waals surface area contributed by atoms with E-state index in [1.807, 2.05) is 31.2 Å². The summed E-state index contributed by atoms with van der Waals surface area (Å²) in [6.45, 7) is 4.17. The van der Waals surface area contributed by atoms with Crippen molar-refractivity contribution >= 4 is 17.5 Å². The number of carbonyl (C=O) groups excluding carboxylic acids is 2. The summed E-state index contributed by atoms with van der Waals surface area (Å²) in [5, 5.41) is 2.71. The largest absolute Gasteiger partial charge is 0.340 e. The monoisotopic (exact) mass is 326 g/mol. The Bertz CT molecular complexity index is 786. The fraction of sp³-hybridized carbons (Fsp3) is 0.263. The Morgan fingerprint density at radius 3 is 2.54 bits per heavy atom. The SMILES string of the molecule is Cc1ccc(N2CC[C@H](NC(=O)c3ccc(C)c(F)c3)C2=O)cc1. The molecule has 2 aromatic rings. The van der Waals surface area contributed by atoms with E-state index in [1.54, 1.807) is 24.0 Å². The number of nitrogens with one attached hydrogen (secondary N) is 1. The van der Waals surface area contributed by atoms with E-state index in [4.69, 9.17) is 0 Å². The van der Waals surface area contributed by atoms with Crippen LogP contribution in [-0.4, -0.2) is 24.4 Å². The Labute approximate surface area is 140 Å². The molecule has 5 heteroatoms. The molecule has 1 aliphatic rings. The van der Waals surface area contributed by atoms with Gasteiger partial charge in [-0.05, 0) is 50.1 Å². The van der Waals surface area contributed by atoms with Crippen molar-refractivity contribution < 1.29 is 14.0 Å². The lowest BCUT2D eigenvalue weighted by atomic mass is 10.1. The number of anilines is 1. The van der Waals surface area contributed by atoms with Crippen LogP contribution in [0.15, 0.2) is 42.5 Å². The van der Waals surface area contributed by atoms with Crippen molar-refractivity contribution in [1.29, 1.82) is 0 Å². The minimum Gasteiger partial charge on any atom is -0.340 e. The molecule has 4 nitrogen and oxygen atoms in total. The number of carbonyl (C=O) groups is 2. The molecule has 2 amide bonds. The Morgan fingerprint density at radius 2 is 1.88 bits per heavy atom. The van der Waals surface area contributed by atoms with Gasteiger partial charge in [0.05, 0.1) is 0 Å². The average Bonchev–Trinajstić information content (AvgIpc) is 2.92. The van der Waals surface area contributed by atoms with Crippen molar-refractivity contribution in [2.45, 2.75) is 26.3 Å². The van der Waals surface area contributed by atoms with Crippen LogP contribution in [0.5, 0.6) is 0 Å². The molecular formula is C19H19FN2O2. The quantitative estimate of drug-likeness (QED) is 0.943. The summed E-state index contributed by atoms with van der Waals surface area (Å²) in [6.07, 6.45) is 0.535. The number of amides is 2. The summed E-state index contributed by atoms with van der Waals surface area (Å²) in [5.74, 6) is -1.00. The average molecular weight is 326 g/mol. The van der Waals surface area contributed by atoms with Gasteiger partial charge in [-0.1, -0.05) is 23.8 Å². The Balaban J connectivity index is 1.70. The van der Waals surface area contributed by atoms with Crippen LogP contribution in [0.3, 0.4) is 0 Å². The van der Waals surface area contributed by atoms with Gasteiger partial charge in [-0.25, -0.2) is 4.39 Å². The van der Waals surface area contributed by atoms with Crippen molar-refractivity contribution in [2.24, 2.45) is 0 Å². The minimum atomic E-state index is -0.580.